The molecule has 0 saturated heterocycles. The second kappa shape index (κ2) is 6.45. The van der Waals surface area contributed by atoms with Gasteiger partial charge in [-0.15, -0.1) is 0 Å². The van der Waals surface area contributed by atoms with Crippen molar-refractivity contribution >= 4 is 31.5 Å². The molecule has 1 saturated carbocycles. The molecular formula is C14H20BrNO3S. The summed E-state index contributed by atoms with van der Waals surface area (Å²) in [5.41, 5.74) is 1.97. The summed E-state index contributed by atoms with van der Waals surface area (Å²) < 4.78 is 29.9. The molecule has 1 aliphatic rings. The van der Waals surface area contributed by atoms with Gasteiger partial charge < -0.3 is 10.1 Å². The summed E-state index contributed by atoms with van der Waals surface area (Å²) >= 11 is 3.51. The van der Waals surface area contributed by atoms with Gasteiger partial charge in [0.25, 0.3) is 0 Å². The van der Waals surface area contributed by atoms with Crippen molar-refractivity contribution in [1.29, 1.82) is 0 Å². The normalized spacial score (nSPS) is 22.9. The van der Waals surface area contributed by atoms with Crippen molar-refractivity contribution in [2.24, 2.45) is 0 Å². The molecule has 4 nitrogen and oxygen atoms in total. The van der Waals surface area contributed by atoms with Gasteiger partial charge in [-0.3, -0.25) is 0 Å². The van der Waals surface area contributed by atoms with Crippen LogP contribution in [0.25, 0.3) is 0 Å². The molecule has 20 heavy (non-hydrogen) atoms. The number of sulfone groups is 1. The summed E-state index contributed by atoms with van der Waals surface area (Å²) in [6.45, 7) is 0.486. The molecule has 0 aromatic heterocycles. The minimum Gasteiger partial charge on any atom is -0.381 e. The van der Waals surface area contributed by atoms with Crippen LogP contribution in [0.5, 0.6) is 0 Å². The fourth-order valence-corrected chi connectivity index (χ4v) is 4.66. The number of ether oxygens (including phenoxy) is 1. The van der Waals surface area contributed by atoms with Gasteiger partial charge >= 0.3 is 0 Å². The molecule has 2 unspecified atom stereocenters. The van der Waals surface area contributed by atoms with Crippen molar-refractivity contribution < 1.29 is 13.2 Å². The number of halogens is 1. The van der Waals surface area contributed by atoms with E-state index in [1.165, 1.54) is 6.26 Å². The van der Waals surface area contributed by atoms with Crippen LogP contribution in [-0.2, 0) is 21.2 Å². The van der Waals surface area contributed by atoms with Gasteiger partial charge in [0.1, 0.15) is 0 Å². The van der Waals surface area contributed by atoms with Crippen LogP contribution in [-0.4, -0.2) is 33.1 Å². The van der Waals surface area contributed by atoms with E-state index in [4.69, 9.17) is 4.74 Å². The van der Waals surface area contributed by atoms with Crippen LogP contribution in [0.1, 0.15) is 24.8 Å². The number of nitrogens with one attached hydrogen (secondary N) is 1. The second-order valence-electron chi connectivity index (χ2n) is 5.25. The molecule has 1 aromatic rings. The smallest absolute Gasteiger partial charge is 0.152 e. The summed E-state index contributed by atoms with van der Waals surface area (Å²) in [6.07, 6.45) is 3.90. The largest absolute Gasteiger partial charge is 0.381 e. The molecule has 1 aromatic carbocycles. The van der Waals surface area contributed by atoms with Crippen molar-refractivity contribution in [3.05, 3.63) is 28.2 Å². The third-order valence-electron chi connectivity index (χ3n) is 3.75. The number of rotatable bonds is 5. The fraction of sp³-hybridized carbons (Fsp3) is 0.571. The van der Waals surface area contributed by atoms with Crippen molar-refractivity contribution in [2.75, 3.05) is 18.7 Å². The highest BCUT2D eigenvalue weighted by Gasteiger charge is 2.35. The molecule has 2 atom stereocenters. The minimum absolute atomic E-state index is 0.0186. The lowest BCUT2D eigenvalue weighted by molar-refractivity contribution is 0.185. The van der Waals surface area contributed by atoms with Crippen LogP contribution in [0.15, 0.2) is 22.7 Å². The summed E-state index contributed by atoms with van der Waals surface area (Å²) in [7, 11) is -1.36. The number of benzene rings is 1. The Kier molecular flexibility index (Phi) is 5.09. The van der Waals surface area contributed by atoms with E-state index in [2.05, 4.69) is 21.2 Å². The molecule has 0 bridgehead atoms. The van der Waals surface area contributed by atoms with Crippen molar-refractivity contribution in [3.8, 4) is 0 Å². The van der Waals surface area contributed by atoms with Crippen molar-refractivity contribution in [2.45, 2.75) is 37.2 Å². The van der Waals surface area contributed by atoms with E-state index in [-0.39, 0.29) is 11.3 Å². The molecule has 0 spiro atoms. The van der Waals surface area contributed by atoms with Crippen LogP contribution < -0.4 is 5.32 Å². The van der Waals surface area contributed by atoms with Gasteiger partial charge in [0.15, 0.2) is 9.84 Å². The maximum absolute atomic E-state index is 11.8. The first-order chi connectivity index (χ1) is 9.43. The maximum atomic E-state index is 11.8. The molecule has 1 fully saturated rings. The third kappa shape index (κ3) is 3.54. The zero-order valence-electron chi connectivity index (χ0n) is 11.7. The second-order valence-corrected chi connectivity index (χ2v) is 8.37. The molecular weight excluding hydrogens is 342 g/mol. The Morgan fingerprint density at radius 2 is 2.15 bits per heavy atom. The Bertz CT molecular complexity index is 574. The van der Waals surface area contributed by atoms with E-state index < -0.39 is 9.84 Å². The highest BCUT2D eigenvalue weighted by molar-refractivity contribution is 9.10. The van der Waals surface area contributed by atoms with Crippen LogP contribution in [0.2, 0.25) is 0 Å². The Hall–Kier alpha value is -0.590. The lowest BCUT2D eigenvalue weighted by Gasteiger charge is -2.23. The van der Waals surface area contributed by atoms with Crippen LogP contribution in [0.3, 0.4) is 0 Å². The number of hydrogen-bond donors (Lipinski definition) is 1. The first-order valence-corrected chi connectivity index (χ1v) is 9.40. The van der Waals surface area contributed by atoms with E-state index in [9.17, 15) is 8.42 Å². The topological polar surface area (TPSA) is 55.4 Å². The first-order valence-electron chi connectivity index (χ1n) is 6.65. The average Bonchev–Trinajstić information content (AvgIpc) is 2.81. The average molecular weight is 362 g/mol. The SMILES string of the molecule is COCc1c(Br)cccc1NC1CCCC1S(C)(=O)=O. The van der Waals surface area contributed by atoms with Crippen LogP contribution in [0.4, 0.5) is 5.69 Å². The highest BCUT2D eigenvalue weighted by Crippen LogP contribution is 2.31. The monoisotopic (exact) mass is 361 g/mol. The van der Waals surface area contributed by atoms with Gasteiger partial charge in [0, 0.05) is 35.1 Å². The standard InChI is InChI=1S/C14H20BrNO3S/c1-19-9-10-11(15)5-3-6-12(10)16-13-7-4-8-14(13)20(2,17)18/h3,5-6,13-14,16H,4,7-9H2,1-2H3. The molecule has 0 aliphatic heterocycles. The van der Waals surface area contributed by atoms with Gasteiger partial charge in [0.2, 0.25) is 0 Å². The predicted octanol–water partition coefficient (Wildman–Crippen LogP) is 2.97. The quantitative estimate of drug-likeness (QED) is 0.875. The van der Waals surface area contributed by atoms with Gasteiger partial charge in [-0.1, -0.05) is 22.0 Å². The third-order valence-corrected chi connectivity index (χ3v) is 6.16. The Morgan fingerprint density at radius 3 is 2.80 bits per heavy atom. The molecule has 0 radical (unpaired) electrons. The van der Waals surface area contributed by atoms with Gasteiger partial charge in [-0.05, 0) is 31.4 Å². The molecule has 112 valence electrons. The lowest BCUT2D eigenvalue weighted by atomic mass is 10.1. The Labute approximate surface area is 129 Å². The zero-order chi connectivity index (χ0) is 14.8. The number of hydrogen-bond acceptors (Lipinski definition) is 4. The molecule has 1 aliphatic carbocycles. The van der Waals surface area contributed by atoms with Gasteiger partial charge in [0.05, 0.1) is 11.9 Å². The molecule has 0 amide bonds. The van der Waals surface area contributed by atoms with E-state index in [0.717, 1.165) is 35.0 Å². The Balaban J connectivity index is 2.24. The van der Waals surface area contributed by atoms with Crippen molar-refractivity contribution in [1.82, 2.24) is 0 Å². The minimum atomic E-state index is -3.01. The van der Waals surface area contributed by atoms with Crippen LogP contribution in [0, 0.1) is 0 Å². The van der Waals surface area contributed by atoms with Crippen molar-refractivity contribution in [3.63, 3.8) is 0 Å². The predicted molar refractivity (Wildman–Crippen MR) is 84.7 cm³/mol. The first kappa shape index (κ1) is 15.8. The van der Waals surface area contributed by atoms with Gasteiger partial charge in [-0.2, -0.15) is 0 Å². The number of methoxy groups -OCH3 is 1. The van der Waals surface area contributed by atoms with E-state index in [1.54, 1.807) is 7.11 Å². The number of anilines is 1. The van der Waals surface area contributed by atoms with Crippen LogP contribution >= 0.6 is 15.9 Å². The zero-order valence-corrected chi connectivity index (χ0v) is 14.1. The fourth-order valence-electron chi connectivity index (χ4n) is 2.79. The summed E-state index contributed by atoms with van der Waals surface area (Å²) in [5.74, 6) is 0. The Morgan fingerprint density at radius 1 is 1.40 bits per heavy atom. The lowest BCUT2D eigenvalue weighted by Crippen LogP contribution is -2.34. The maximum Gasteiger partial charge on any atom is 0.152 e. The molecule has 6 heteroatoms. The van der Waals surface area contributed by atoms with E-state index >= 15 is 0 Å². The molecule has 2 rings (SSSR count). The molecule has 1 N–H and O–H groups in total. The summed E-state index contributed by atoms with van der Waals surface area (Å²) in [6, 6.07) is 5.85. The summed E-state index contributed by atoms with van der Waals surface area (Å²) in [5, 5.41) is 3.11. The van der Waals surface area contributed by atoms with Gasteiger partial charge in [-0.25, -0.2) is 8.42 Å². The summed E-state index contributed by atoms with van der Waals surface area (Å²) in [4.78, 5) is 0. The molecule has 0 heterocycles. The highest BCUT2D eigenvalue weighted by atomic mass is 79.9. The van der Waals surface area contributed by atoms with E-state index in [1.807, 2.05) is 18.2 Å². The van der Waals surface area contributed by atoms with E-state index in [0.29, 0.717) is 6.61 Å².